The maximum Gasteiger partial charge on any atom is 0.192 e. The van der Waals surface area contributed by atoms with Gasteiger partial charge >= 0.3 is 0 Å². The second-order valence-electron chi connectivity index (χ2n) is 6.38. The summed E-state index contributed by atoms with van der Waals surface area (Å²) in [4.78, 5) is 11.0. The Kier molecular flexibility index (Phi) is 8.13. The fourth-order valence-corrected chi connectivity index (χ4v) is 2.58. The predicted molar refractivity (Wildman–Crippen MR) is 81.6 cm³/mol. The average molecular weight is 306 g/mol. The Bertz CT molecular complexity index is 288. The van der Waals surface area contributed by atoms with Crippen molar-refractivity contribution < 1.29 is 23.4 Å². The summed E-state index contributed by atoms with van der Waals surface area (Å²) >= 11 is 0. The quantitative estimate of drug-likeness (QED) is 0.483. The Morgan fingerprint density at radius 1 is 1.05 bits per heavy atom. The molecule has 0 aromatic carbocycles. The molecule has 0 rings (SSSR count). The zero-order valence-corrected chi connectivity index (χ0v) is 15.1. The molecule has 0 aliphatic heterocycles. The number of hydrogen-bond donors (Lipinski definition) is 0. The van der Waals surface area contributed by atoms with Crippen LogP contribution in [0.5, 0.6) is 0 Å². The minimum Gasteiger partial charge on any atom is -0.414 e. The van der Waals surface area contributed by atoms with E-state index in [0.29, 0.717) is 6.61 Å². The van der Waals surface area contributed by atoms with Gasteiger partial charge in [0.2, 0.25) is 0 Å². The SMILES string of the molecule is CO[C@H]([C@H](C=O)OC)[C@@H](CO[Si](C)(C)C(C)(C)C)OC. The van der Waals surface area contributed by atoms with Crippen LogP contribution < -0.4 is 0 Å². The number of ether oxygens (including phenoxy) is 3. The van der Waals surface area contributed by atoms with Crippen molar-refractivity contribution in [1.29, 1.82) is 0 Å². The maximum absolute atomic E-state index is 11.0. The van der Waals surface area contributed by atoms with Gasteiger partial charge in [-0.3, -0.25) is 0 Å². The highest BCUT2D eigenvalue weighted by Gasteiger charge is 2.39. The van der Waals surface area contributed by atoms with Crippen LogP contribution in [0.4, 0.5) is 0 Å². The lowest BCUT2D eigenvalue weighted by atomic mass is 10.1. The fourth-order valence-electron chi connectivity index (χ4n) is 1.57. The number of carbonyl (C=O) groups is 1. The Morgan fingerprint density at radius 3 is 1.90 bits per heavy atom. The molecule has 0 heterocycles. The van der Waals surface area contributed by atoms with Crippen molar-refractivity contribution in [3.63, 3.8) is 0 Å². The van der Waals surface area contributed by atoms with Crippen LogP contribution in [-0.2, 0) is 23.4 Å². The first-order valence-electron chi connectivity index (χ1n) is 6.82. The molecule has 0 bridgehead atoms. The lowest BCUT2D eigenvalue weighted by molar-refractivity contribution is -0.140. The van der Waals surface area contributed by atoms with E-state index in [1.807, 2.05) is 0 Å². The van der Waals surface area contributed by atoms with E-state index >= 15 is 0 Å². The normalized spacial score (nSPS) is 17.6. The zero-order valence-electron chi connectivity index (χ0n) is 14.1. The summed E-state index contributed by atoms with van der Waals surface area (Å²) in [6.45, 7) is 11.3. The largest absolute Gasteiger partial charge is 0.414 e. The molecule has 0 radical (unpaired) electrons. The molecular formula is C14H30O5Si. The lowest BCUT2D eigenvalue weighted by Gasteiger charge is -2.38. The molecular weight excluding hydrogens is 276 g/mol. The molecule has 0 aromatic heterocycles. The van der Waals surface area contributed by atoms with Crippen LogP contribution in [0.1, 0.15) is 20.8 Å². The molecule has 5 nitrogen and oxygen atoms in total. The van der Waals surface area contributed by atoms with Crippen molar-refractivity contribution in [3.05, 3.63) is 0 Å². The molecule has 0 fully saturated rings. The molecule has 120 valence electrons. The second kappa shape index (κ2) is 8.24. The van der Waals surface area contributed by atoms with E-state index in [1.54, 1.807) is 14.2 Å². The van der Waals surface area contributed by atoms with Crippen molar-refractivity contribution in [3.8, 4) is 0 Å². The fraction of sp³-hybridized carbons (Fsp3) is 0.929. The molecule has 0 amide bonds. The first kappa shape index (κ1) is 19.7. The van der Waals surface area contributed by atoms with Gasteiger partial charge in [-0.2, -0.15) is 0 Å². The van der Waals surface area contributed by atoms with Gasteiger partial charge in [0.25, 0.3) is 0 Å². The summed E-state index contributed by atoms with van der Waals surface area (Å²) in [5.41, 5.74) is 0. The Hall–Kier alpha value is -0.273. The van der Waals surface area contributed by atoms with Gasteiger partial charge in [-0.25, -0.2) is 0 Å². The summed E-state index contributed by atoms with van der Waals surface area (Å²) in [5.74, 6) is 0. The van der Waals surface area contributed by atoms with Gasteiger partial charge in [-0.05, 0) is 18.1 Å². The number of hydrogen-bond acceptors (Lipinski definition) is 5. The standard InChI is InChI=1S/C14H30O5Si/c1-14(2,3)20(7,8)19-10-12(17-5)13(18-6)11(9-15)16-4/h9,11-13H,10H2,1-8H3/t11-,12+,13+/m0/s1. The maximum atomic E-state index is 11.0. The highest BCUT2D eigenvalue weighted by atomic mass is 28.4. The van der Waals surface area contributed by atoms with Crippen molar-refractivity contribution in [2.24, 2.45) is 0 Å². The van der Waals surface area contributed by atoms with Crippen LogP contribution in [0, 0.1) is 0 Å². The molecule has 20 heavy (non-hydrogen) atoms. The van der Waals surface area contributed by atoms with E-state index in [4.69, 9.17) is 18.6 Å². The van der Waals surface area contributed by atoms with Gasteiger partial charge in [-0.15, -0.1) is 0 Å². The van der Waals surface area contributed by atoms with Gasteiger partial charge in [-0.1, -0.05) is 20.8 Å². The van der Waals surface area contributed by atoms with Crippen LogP contribution in [0.3, 0.4) is 0 Å². The van der Waals surface area contributed by atoms with Gasteiger partial charge in [0, 0.05) is 21.3 Å². The molecule has 0 saturated heterocycles. The summed E-state index contributed by atoms with van der Waals surface area (Å²) in [6.07, 6.45) is -0.753. The monoisotopic (exact) mass is 306 g/mol. The Labute approximate surface area is 124 Å². The zero-order chi connectivity index (χ0) is 16.0. The molecule has 0 aromatic rings. The highest BCUT2D eigenvalue weighted by molar-refractivity contribution is 6.74. The molecule has 0 spiro atoms. The molecule has 0 aliphatic carbocycles. The van der Waals surface area contributed by atoms with Crippen LogP contribution in [0.25, 0.3) is 0 Å². The molecule has 0 N–H and O–H groups in total. The van der Waals surface area contributed by atoms with Crippen LogP contribution in [-0.4, -0.2) is 60.9 Å². The van der Waals surface area contributed by atoms with Crippen LogP contribution in [0.2, 0.25) is 18.1 Å². The van der Waals surface area contributed by atoms with Gasteiger partial charge in [0.15, 0.2) is 14.6 Å². The number of methoxy groups -OCH3 is 3. The van der Waals surface area contributed by atoms with E-state index in [-0.39, 0.29) is 11.1 Å². The smallest absolute Gasteiger partial charge is 0.192 e. The number of rotatable bonds is 9. The molecule has 3 atom stereocenters. The van der Waals surface area contributed by atoms with Crippen LogP contribution >= 0.6 is 0 Å². The summed E-state index contributed by atoms with van der Waals surface area (Å²) in [5, 5.41) is 0.124. The molecule has 6 heteroatoms. The van der Waals surface area contributed by atoms with Gasteiger partial charge in [0.1, 0.15) is 18.3 Å². The minimum atomic E-state index is -1.86. The number of aldehydes is 1. The third-order valence-corrected chi connectivity index (χ3v) is 8.59. The second-order valence-corrected chi connectivity index (χ2v) is 11.2. The first-order valence-corrected chi connectivity index (χ1v) is 9.73. The summed E-state index contributed by atoms with van der Waals surface area (Å²) < 4.78 is 22.0. The molecule has 0 aliphatic rings. The predicted octanol–water partition coefficient (Wildman–Crippen LogP) is 2.25. The van der Waals surface area contributed by atoms with Crippen molar-refractivity contribution in [2.75, 3.05) is 27.9 Å². The Balaban J connectivity index is 4.80. The van der Waals surface area contributed by atoms with E-state index in [0.717, 1.165) is 6.29 Å². The lowest BCUT2D eigenvalue weighted by Crippen LogP contribution is -2.48. The highest BCUT2D eigenvalue weighted by Crippen LogP contribution is 2.36. The van der Waals surface area contributed by atoms with Crippen LogP contribution in [0.15, 0.2) is 0 Å². The number of carbonyl (C=O) groups excluding carboxylic acids is 1. The van der Waals surface area contributed by atoms with E-state index in [1.165, 1.54) is 7.11 Å². The Morgan fingerprint density at radius 2 is 1.60 bits per heavy atom. The summed E-state index contributed by atoms with van der Waals surface area (Å²) in [6, 6.07) is 0. The average Bonchev–Trinajstić information content (AvgIpc) is 2.36. The van der Waals surface area contributed by atoms with Crippen molar-refractivity contribution in [2.45, 2.75) is 57.2 Å². The molecule has 0 saturated carbocycles. The summed E-state index contributed by atoms with van der Waals surface area (Å²) in [7, 11) is 2.74. The van der Waals surface area contributed by atoms with Gasteiger partial charge in [0.05, 0.1) is 6.61 Å². The van der Waals surface area contributed by atoms with E-state index in [9.17, 15) is 4.79 Å². The van der Waals surface area contributed by atoms with Crippen molar-refractivity contribution in [1.82, 2.24) is 0 Å². The van der Waals surface area contributed by atoms with Gasteiger partial charge < -0.3 is 23.4 Å². The third-order valence-electron chi connectivity index (χ3n) is 4.09. The molecule has 0 unspecified atom stereocenters. The van der Waals surface area contributed by atoms with E-state index < -0.39 is 20.5 Å². The van der Waals surface area contributed by atoms with E-state index in [2.05, 4.69) is 33.9 Å². The minimum absolute atomic E-state index is 0.124. The van der Waals surface area contributed by atoms with Crippen molar-refractivity contribution >= 4 is 14.6 Å². The third kappa shape index (κ3) is 5.25. The topological polar surface area (TPSA) is 54.0 Å². The first-order chi connectivity index (χ1) is 9.14.